The quantitative estimate of drug-likeness (QED) is 0.628. The predicted molar refractivity (Wildman–Crippen MR) is 117 cm³/mol. The lowest BCUT2D eigenvalue weighted by Crippen LogP contribution is -2.40. The minimum absolute atomic E-state index is 0.0777. The van der Waals surface area contributed by atoms with Crippen molar-refractivity contribution in [2.45, 2.75) is 43.5 Å². The third kappa shape index (κ3) is 4.36. The predicted octanol–water partition coefficient (Wildman–Crippen LogP) is 4.80. The molecule has 0 spiro atoms. The van der Waals surface area contributed by atoms with Crippen molar-refractivity contribution < 1.29 is 13.2 Å². The van der Waals surface area contributed by atoms with Crippen LogP contribution in [0.2, 0.25) is 0 Å². The topological polar surface area (TPSA) is 75.3 Å². The van der Waals surface area contributed by atoms with Crippen molar-refractivity contribution in [3.8, 4) is 0 Å². The fraction of sp³-hybridized carbons (Fsp3) is 0.409. The fourth-order valence-electron chi connectivity index (χ4n) is 4.89. The maximum Gasteiger partial charge on any atom is 0.261 e. The van der Waals surface area contributed by atoms with Crippen molar-refractivity contribution in [2.24, 2.45) is 17.8 Å². The molecule has 0 unspecified atom stereocenters. The van der Waals surface area contributed by atoms with Gasteiger partial charge in [0.2, 0.25) is 0 Å². The first kappa shape index (κ1) is 20.4. The van der Waals surface area contributed by atoms with Crippen LogP contribution in [0.15, 0.2) is 57.9 Å². The third-order valence-electron chi connectivity index (χ3n) is 6.33. The highest BCUT2D eigenvalue weighted by Crippen LogP contribution is 2.49. The summed E-state index contributed by atoms with van der Waals surface area (Å²) in [7, 11) is -3.79. The second kappa shape index (κ2) is 8.11. The summed E-state index contributed by atoms with van der Waals surface area (Å²) in [4.78, 5) is 13.1. The van der Waals surface area contributed by atoms with E-state index in [0.717, 1.165) is 10.4 Å². The molecule has 4 atom stereocenters. The first-order chi connectivity index (χ1) is 13.8. The zero-order valence-electron chi connectivity index (χ0n) is 16.3. The van der Waals surface area contributed by atoms with E-state index >= 15 is 0 Å². The summed E-state index contributed by atoms with van der Waals surface area (Å²) in [6, 6.07) is 13.2. The molecule has 0 aromatic heterocycles. The Morgan fingerprint density at radius 2 is 1.79 bits per heavy atom. The maximum absolute atomic E-state index is 13.0. The highest BCUT2D eigenvalue weighted by atomic mass is 79.9. The maximum atomic E-state index is 13.0. The van der Waals surface area contributed by atoms with E-state index < -0.39 is 10.0 Å². The smallest absolute Gasteiger partial charge is 0.261 e. The Labute approximate surface area is 180 Å². The normalized spacial score (nSPS) is 24.3. The van der Waals surface area contributed by atoms with E-state index in [2.05, 4.69) is 32.9 Å². The molecule has 5 nitrogen and oxygen atoms in total. The molecule has 4 rings (SSSR count). The lowest BCUT2D eigenvalue weighted by Gasteiger charge is -2.28. The van der Waals surface area contributed by atoms with Crippen LogP contribution >= 0.6 is 15.9 Å². The molecule has 29 heavy (non-hydrogen) atoms. The molecule has 0 radical (unpaired) electrons. The van der Waals surface area contributed by atoms with Crippen molar-refractivity contribution >= 4 is 37.5 Å². The summed E-state index contributed by atoms with van der Waals surface area (Å²) in [6.07, 6.45) is 5.06. The van der Waals surface area contributed by atoms with E-state index in [1.54, 1.807) is 36.4 Å². The van der Waals surface area contributed by atoms with E-state index in [9.17, 15) is 13.2 Å². The van der Waals surface area contributed by atoms with Gasteiger partial charge in [-0.15, -0.1) is 0 Å². The number of amides is 1. The highest BCUT2D eigenvalue weighted by molar-refractivity contribution is 9.10. The number of hydrogen-bond acceptors (Lipinski definition) is 3. The summed E-state index contributed by atoms with van der Waals surface area (Å²) in [5, 5.41) is 3.12. The van der Waals surface area contributed by atoms with Crippen LogP contribution < -0.4 is 10.0 Å². The number of hydrogen-bond donors (Lipinski definition) is 2. The summed E-state index contributed by atoms with van der Waals surface area (Å²) < 4.78 is 28.9. The second-order valence-corrected chi connectivity index (χ2v) is 10.8. The Bertz CT molecular complexity index is 1010. The lowest BCUT2D eigenvalue weighted by atomic mass is 9.84. The molecule has 2 aromatic rings. The number of sulfonamides is 1. The number of benzene rings is 2. The fourth-order valence-corrected chi connectivity index (χ4v) is 6.23. The van der Waals surface area contributed by atoms with Crippen LogP contribution in [0.4, 0.5) is 5.69 Å². The van der Waals surface area contributed by atoms with Gasteiger partial charge in [0.05, 0.1) is 16.1 Å². The molecule has 7 heteroatoms. The zero-order valence-corrected chi connectivity index (χ0v) is 18.7. The van der Waals surface area contributed by atoms with Gasteiger partial charge in [-0.25, -0.2) is 8.42 Å². The second-order valence-electron chi connectivity index (χ2n) is 8.21. The Balaban J connectivity index is 1.50. The van der Waals surface area contributed by atoms with E-state index in [-0.39, 0.29) is 22.5 Å². The lowest BCUT2D eigenvalue weighted by molar-refractivity contribution is 0.0916. The number of para-hydroxylation sites is 1. The Hall–Kier alpha value is -1.86. The third-order valence-corrected chi connectivity index (χ3v) is 8.24. The molecule has 154 valence electrons. The van der Waals surface area contributed by atoms with Gasteiger partial charge in [-0.05, 0) is 80.3 Å². The molecule has 2 fully saturated rings. The van der Waals surface area contributed by atoms with Crippen LogP contribution in [0.1, 0.15) is 43.0 Å². The molecule has 2 N–H and O–H groups in total. The number of anilines is 1. The van der Waals surface area contributed by atoms with Crippen LogP contribution in [-0.2, 0) is 10.0 Å². The molecule has 2 saturated carbocycles. The van der Waals surface area contributed by atoms with Gasteiger partial charge < -0.3 is 5.32 Å². The van der Waals surface area contributed by atoms with E-state index in [1.165, 1.54) is 37.8 Å². The molecule has 0 saturated heterocycles. The summed E-state index contributed by atoms with van der Waals surface area (Å²) in [5.41, 5.74) is 0.622. The Kier molecular flexibility index (Phi) is 5.71. The first-order valence-corrected chi connectivity index (χ1v) is 12.3. The molecule has 2 bridgehead atoms. The van der Waals surface area contributed by atoms with E-state index in [1.807, 2.05) is 0 Å². The number of halogens is 1. The number of fused-ring (bicyclic) bond motifs is 2. The van der Waals surface area contributed by atoms with Gasteiger partial charge >= 0.3 is 0 Å². The van der Waals surface area contributed by atoms with Crippen molar-refractivity contribution in [1.82, 2.24) is 5.32 Å². The van der Waals surface area contributed by atoms with Crippen molar-refractivity contribution in [3.05, 3.63) is 58.6 Å². The number of rotatable bonds is 6. The summed E-state index contributed by atoms with van der Waals surface area (Å²) >= 11 is 3.30. The highest BCUT2D eigenvalue weighted by Gasteiger charge is 2.42. The standard InChI is InChI=1S/C22H25BrN2O3S/c1-14(20-13-15-6-7-16(20)12-15)24-22(26)19-4-2-3-5-21(19)25-29(27,28)18-10-8-17(23)9-11-18/h2-5,8-11,14-16,20,25H,6-7,12-13H2,1H3,(H,24,26)/t14-,15-,16-,20+/m1/s1. The van der Waals surface area contributed by atoms with Crippen molar-refractivity contribution in [2.75, 3.05) is 4.72 Å². The molecule has 2 aliphatic rings. The molecule has 2 aromatic carbocycles. The Morgan fingerprint density at radius 1 is 1.07 bits per heavy atom. The summed E-state index contributed by atoms with van der Waals surface area (Å²) in [5.74, 6) is 1.80. The largest absolute Gasteiger partial charge is 0.349 e. The monoisotopic (exact) mass is 476 g/mol. The summed E-state index contributed by atoms with van der Waals surface area (Å²) in [6.45, 7) is 2.07. The first-order valence-electron chi connectivity index (χ1n) is 10.0. The number of carbonyl (C=O) groups is 1. The van der Waals surface area contributed by atoms with E-state index in [4.69, 9.17) is 0 Å². The van der Waals surface area contributed by atoms with Crippen LogP contribution in [0.3, 0.4) is 0 Å². The molecular formula is C22H25BrN2O3S. The molecule has 0 aliphatic heterocycles. The minimum Gasteiger partial charge on any atom is -0.349 e. The molecular weight excluding hydrogens is 452 g/mol. The molecule has 1 amide bonds. The van der Waals surface area contributed by atoms with Gasteiger partial charge in [0.1, 0.15) is 0 Å². The van der Waals surface area contributed by atoms with Gasteiger partial charge in [0, 0.05) is 10.5 Å². The van der Waals surface area contributed by atoms with Gasteiger partial charge in [0.25, 0.3) is 15.9 Å². The van der Waals surface area contributed by atoms with Crippen molar-refractivity contribution in [3.63, 3.8) is 0 Å². The minimum atomic E-state index is -3.79. The van der Waals surface area contributed by atoms with Gasteiger partial charge in [-0.2, -0.15) is 0 Å². The molecule has 2 aliphatic carbocycles. The van der Waals surface area contributed by atoms with Gasteiger partial charge in [-0.3, -0.25) is 9.52 Å². The number of nitrogens with one attached hydrogen (secondary N) is 2. The van der Waals surface area contributed by atoms with Crippen molar-refractivity contribution in [1.29, 1.82) is 0 Å². The molecule has 0 heterocycles. The van der Waals surface area contributed by atoms with Gasteiger partial charge in [0.15, 0.2) is 0 Å². The average Bonchev–Trinajstić information content (AvgIpc) is 3.32. The zero-order chi connectivity index (χ0) is 20.6. The SMILES string of the molecule is C[C@@H](NC(=O)c1ccccc1NS(=O)(=O)c1ccc(Br)cc1)[C@@H]1C[C@@H]2CC[C@@H]1C2. The van der Waals surface area contributed by atoms with Crippen LogP contribution in [0, 0.1) is 17.8 Å². The average molecular weight is 477 g/mol. The van der Waals surface area contributed by atoms with Crippen LogP contribution in [0.25, 0.3) is 0 Å². The van der Waals surface area contributed by atoms with Crippen LogP contribution in [0.5, 0.6) is 0 Å². The van der Waals surface area contributed by atoms with Gasteiger partial charge in [-0.1, -0.05) is 34.5 Å². The van der Waals surface area contributed by atoms with E-state index in [0.29, 0.717) is 17.4 Å². The number of carbonyl (C=O) groups excluding carboxylic acids is 1. The Morgan fingerprint density at radius 3 is 2.45 bits per heavy atom. The van der Waals surface area contributed by atoms with Crippen LogP contribution in [-0.4, -0.2) is 20.4 Å².